The predicted octanol–water partition coefficient (Wildman–Crippen LogP) is 0.461. The molecule has 0 bridgehead atoms. The predicted molar refractivity (Wildman–Crippen MR) is 77.2 cm³/mol. The summed E-state index contributed by atoms with van der Waals surface area (Å²) in [6, 6.07) is 0.640. The summed E-state index contributed by atoms with van der Waals surface area (Å²) in [6.07, 6.45) is 5.78. The molecular weight excluding hydrogens is 292 g/mol. The molecule has 0 spiro atoms. The van der Waals surface area contributed by atoms with Crippen LogP contribution >= 0.6 is 0 Å². The number of hydrogen-bond donors (Lipinski definition) is 2. The van der Waals surface area contributed by atoms with E-state index in [9.17, 15) is 8.42 Å². The van der Waals surface area contributed by atoms with Gasteiger partial charge in [-0.05, 0) is 25.7 Å². The lowest BCUT2D eigenvalue weighted by atomic mass is 10.3. The van der Waals surface area contributed by atoms with Crippen LogP contribution in [0.2, 0.25) is 0 Å². The Bertz CT molecular complexity index is 578. The molecule has 0 radical (unpaired) electrons. The molecule has 1 aromatic heterocycles. The number of rotatable bonds is 9. The molecule has 0 atom stereocenters. The second kappa shape index (κ2) is 6.04. The van der Waals surface area contributed by atoms with E-state index in [0.29, 0.717) is 31.3 Å². The first-order valence-corrected chi connectivity index (χ1v) is 8.83. The number of aromatic amines is 1. The van der Waals surface area contributed by atoms with Crippen LogP contribution in [0.4, 0.5) is 0 Å². The van der Waals surface area contributed by atoms with Gasteiger partial charge in [0.25, 0.3) is 10.0 Å². The molecule has 21 heavy (non-hydrogen) atoms. The zero-order valence-electron chi connectivity index (χ0n) is 12.2. The summed E-state index contributed by atoms with van der Waals surface area (Å²) in [6.45, 7) is 1.33. The fraction of sp³-hybridized carbons (Fsp3) is 0.769. The fourth-order valence-corrected chi connectivity index (χ4v) is 4.13. The van der Waals surface area contributed by atoms with Gasteiger partial charge >= 0.3 is 0 Å². The topological polar surface area (TPSA) is 87.3 Å². The van der Waals surface area contributed by atoms with Crippen LogP contribution in [-0.2, 0) is 21.3 Å². The first-order chi connectivity index (χ1) is 10.1. The highest BCUT2D eigenvalue weighted by atomic mass is 32.2. The van der Waals surface area contributed by atoms with Crippen LogP contribution in [0.15, 0.2) is 11.2 Å². The molecule has 1 aromatic rings. The third-order valence-corrected chi connectivity index (χ3v) is 5.84. The number of nitrogens with zero attached hydrogens (tertiary/aromatic N) is 2. The monoisotopic (exact) mass is 314 g/mol. The van der Waals surface area contributed by atoms with Gasteiger partial charge in [-0.15, -0.1) is 0 Å². The third-order valence-electron chi connectivity index (χ3n) is 3.87. The van der Waals surface area contributed by atoms with E-state index in [4.69, 9.17) is 4.74 Å². The zero-order valence-corrected chi connectivity index (χ0v) is 13.0. The van der Waals surface area contributed by atoms with Crippen molar-refractivity contribution in [2.24, 2.45) is 0 Å². The number of sulfonamides is 1. The van der Waals surface area contributed by atoms with Crippen molar-refractivity contribution in [1.29, 1.82) is 0 Å². The fourth-order valence-electron chi connectivity index (χ4n) is 2.35. The van der Waals surface area contributed by atoms with Crippen LogP contribution in [0.3, 0.4) is 0 Å². The normalized spacial score (nSPS) is 19.3. The Morgan fingerprint density at radius 1 is 1.43 bits per heavy atom. The Hall–Kier alpha value is -0.960. The quantitative estimate of drug-likeness (QED) is 0.691. The molecule has 1 heterocycles. The number of H-pyrrole nitrogens is 1. The molecule has 2 N–H and O–H groups in total. The summed E-state index contributed by atoms with van der Waals surface area (Å²) < 4.78 is 32.2. The molecule has 0 saturated heterocycles. The molecule has 3 rings (SSSR count). The molecule has 2 fully saturated rings. The highest BCUT2D eigenvalue weighted by Gasteiger charge is 2.39. The molecule has 0 amide bonds. The van der Waals surface area contributed by atoms with Crippen LogP contribution in [0.5, 0.6) is 0 Å². The molecule has 7 nitrogen and oxygen atoms in total. The summed E-state index contributed by atoms with van der Waals surface area (Å²) in [7, 11) is -1.95. The van der Waals surface area contributed by atoms with E-state index in [2.05, 4.69) is 15.5 Å². The minimum Gasteiger partial charge on any atom is -0.383 e. The number of ether oxygens (including phenoxy) is 1. The van der Waals surface area contributed by atoms with Crippen LogP contribution in [0.25, 0.3) is 0 Å². The number of methoxy groups -OCH3 is 1. The second-order valence-electron chi connectivity index (χ2n) is 5.72. The number of hydrogen-bond acceptors (Lipinski definition) is 5. The molecule has 2 saturated carbocycles. The van der Waals surface area contributed by atoms with E-state index < -0.39 is 10.0 Å². The molecule has 8 heteroatoms. The maximum absolute atomic E-state index is 12.8. The highest BCUT2D eigenvalue weighted by Crippen LogP contribution is 2.32. The van der Waals surface area contributed by atoms with Gasteiger partial charge in [0.2, 0.25) is 0 Å². The van der Waals surface area contributed by atoms with Crippen LogP contribution in [0, 0.1) is 0 Å². The van der Waals surface area contributed by atoms with Crippen molar-refractivity contribution in [3.63, 3.8) is 0 Å². The Morgan fingerprint density at radius 3 is 2.81 bits per heavy atom. The van der Waals surface area contributed by atoms with Crippen molar-refractivity contribution in [2.75, 3.05) is 20.3 Å². The first kappa shape index (κ1) is 15.0. The summed E-state index contributed by atoms with van der Waals surface area (Å²) in [5.74, 6) is 0. The van der Waals surface area contributed by atoms with Gasteiger partial charge in [-0.2, -0.15) is 9.40 Å². The van der Waals surface area contributed by atoms with Gasteiger partial charge < -0.3 is 10.1 Å². The van der Waals surface area contributed by atoms with Gasteiger partial charge in [0.05, 0.1) is 12.8 Å². The van der Waals surface area contributed by atoms with Crippen molar-refractivity contribution >= 4 is 10.0 Å². The summed E-state index contributed by atoms with van der Waals surface area (Å²) in [5.41, 5.74) is 0.713. The first-order valence-electron chi connectivity index (χ1n) is 7.39. The van der Waals surface area contributed by atoms with Gasteiger partial charge in [-0.3, -0.25) is 5.10 Å². The Morgan fingerprint density at radius 2 is 2.19 bits per heavy atom. The third kappa shape index (κ3) is 3.45. The van der Waals surface area contributed by atoms with E-state index in [1.807, 2.05) is 0 Å². The van der Waals surface area contributed by atoms with Crippen molar-refractivity contribution in [3.05, 3.63) is 11.8 Å². The molecule has 2 aliphatic carbocycles. The largest absolute Gasteiger partial charge is 0.383 e. The zero-order chi connectivity index (χ0) is 14.9. The molecule has 0 unspecified atom stereocenters. The van der Waals surface area contributed by atoms with Gasteiger partial charge in [0, 0.05) is 37.8 Å². The van der Waals surface area contributed by atoms with Crippen LogP contribution < -0.4 is 5.32 Å². The summed E-state index contributed by atoms with van der Waals surface area (Å²) in [5, 5.41) is 10.1. The van der Waals surface area contributed by atoms with Gasteiger partial charge in [-0.25, -0.2) is 8.42 Å². The lowest BCUT2D eigenvalue weighted by molar-refractivity contribution is 0.177. The molecule has 0 aliphatic heterocycles. The Balaban J connectivity index is 1.77. The minimum absolute atomic E-state index is 0.109. The van der Waals surface area contributed by atoms with Crippen molar-refractivity contribution in [2.45, 2.75) is 49.3 Å². The lowest BCUT2D eigenvalue weighted by Gasteiger charge is -2.21. The Labute approximate surface area is 125 Å². The minimum atomic E-state index is -3.53. The SMILES string of the molecule is COCCN(C1CC1)S(=O)(=O)c1[nH]ncc1CNC1CC1. The molecule has 118 valence electrons. The van der Waals surface area contributed by atoms with E-state index in [1.54, 1.807) is 17.6 Å². The standard InChI is InChI=1S/C13H22N4O3S/c1-20-7-6-17(12-4-5-12)21(18,19)13-10(9-15-16-13)8-14-11-2-3-11/h9,11-12,14H,2-8H2,1H3,(H,15,16). The van der Waals surface area contributed by atoms with E-state index in [0.717, 1.165) is 12.8 Å². The second-order valence-corrected chi connectivity index (χ2v) is 7.55. The van der Waals surface area contributed by atoms with E-state index >= 15 is 0 Å². The highest BCUT2D eigenvalue weighted by molar-refractivity contribution is 7.89. The van der Waals surface area contributed by atoms with Crippen molar-refractivity contribution in [3.8, 4) is 0 Å². The molecule has 2 aliphatic rings. The maximum atomic E-state index is 12.8. The average molecular weight is 314 g/mol. The number of nitrogens with one attached hydrogen (secondary N) is 2. The Kier molecular flexibility index (Phi) is 4.30. The summed E-state index contributed by atoms with van der Waals surface area (Å²) >= 11 is 0. The lowest BCUT2D eigenvalue weighted by Crippen LogP contribution is -2.36. The molecule has 0 aromatic carbocycles. The van der Waals surface area contributed by atoms with Gasteiger partial charge in [0.1, 0.15) is 0 Å². The maximum Gasteiger partial charge on any atom is 0.260 e. The van der Waals surface area contributed by atoms with E-state index in [1.165, 1.54) is 12.8 Å². The summed E-state index contributed by atoms with van der Waals surface area (Å²) in [4.78, 5) is 0. The van der Waals surface area contributed by atoms with Crippen LogP contribution in [-0.4, -0.2) is 55.3 Å². The van der Waals surface area contributed by atoms with E-state index in [-0.39, 0.29) is 11.1 Å². The number of aromatic nitrogens is 2. The van der Waals surface area contributed by atoms with Crippen molar-refractivity contribution < 1.29 is 13.2 Å². The average Bonchev–Trinajstić information content (AvgIpc) is 3.37. The smallest absolute Gasteiger partial charge is 0.260 e. The molecular formula is C13H22N4O3S. The van der Waals surface area contributed by atoms with Crippen molar-refractivity contribution in [1.82, 2.24) is 19.8 Å². The van der Waals surface area contributed by atoms with Crippen LogP contribution in [0.1, 0.15) is 31.2 Å². The van der Waals surface area contributed by atoms with Gasteiger partial charge in [0.15, 0.2) is 5.03 Å². The van der Waals surface area contributed by atoms with Gasteiger partial charge in [-0.1, -0.05) is 0 Å².